The summed E-state index contributed by atoms with van der Waals surface area (Å²) in [6.07, 6.45) is 0.243. The maximum atomic E-state index is 11.7. The van der Waals surface area contributed by atoms with Gasteiger partial charge in [0.25, 0.3) is 0 Å². The molecule has 0 bridgehead atoms. The minimum Gasteiger partial charge on any atom is -0.480 e. The quantitative estimate of drug-likeness (QED) is 0.616. The lowest BCUT2D eigenvalue weighted by Crippen LogP contribution is -2.44. The zero-order valence-electron chi connectivity index (χ0n) is 9.09. The Balaban J connectivity index is 2.26. The van der Waals surface area contributed by atoms with E-state index < -0.39 is 12.0 Å². The third-order valence-electron chi connectivity index (χ3n) is 2.73. The van der Waals surface area contributed by atoms with Crippen LogP contribution in [0.5, 0.6) is 0 Å². The van der Waals surface area contributed by atoms with Crippen LogP contribution in [0.2, 0.25) is 0 Å². The Bertz CT molecular complexity index is 487. The Hall–Kier alpha value is -2.08. The fourth-order valence-electron chi connectivity index (χ4n) is 1.88. The van der Waals surface area contributed by atoms with Gasteiger partial charge in [-0.1, -0.05) is 0 Å². The molecule has 17 heavy (non-hydrogen) atoms. The molecule has 1 aliphatic heterocycles. The van der Waals surface area contributed by atoms with Crippen molar-refractivity contribution >= 4 is 23.3 Å². The summed E-state index contributed by atoms with van der Waals surface area (Å²) in [7, 11) is 0. The fraction of sp³-hybridized carbons (Fsp3) is 0.273. The van der Waals surface area contributed by atoms with E-state index in [0.717, 1.165) is 5.56 Å². The number of anilines is 2. The molecule has 1 amide bonds. The van der Waals surface area contributed by atoms with E-state index >= 15 is 0 Å². The molecule has 0 saturated heterocycles. The molecule has 1 aromatic rings. The smallest absolute Gasteiger partial charge is 0.322 e. The number of hydrogen-bond acceptors (Lipinski definition) is 4. The van der Waals surface area contributed by atoms with Crippen LogP contribution >= 0.6 is 0 Å². The highest BCUT2D eigenvalue weighted by atomic mass is 16.4. The molecule has 6 nitrogen and oxygen atoms in total. The molecular formula is C11H13N3O3. The first kappa shape index (κ1) is 11.4. The van der Waals surface area contributed by atoms with Crippen molar-refractivity contribution in [3.8, 4) is 0 Å². The van der Waals surface area contributed by atoms with Crippen LogP contribution < -0.4 is 16.4 Å². The molecule has 0 spiro atoms. The molecule has 90 valence electrons. The van der Waals surface area contributed by atoms with Crippen LogP contribution in [0.4, 0.5) is 11.4 Å². The molecule has 2 rings (SSSR count). The fourth-order valence-corrected chi connectivity index (χ4v) is 1.88. The topological polar surface area (TPSA) is 110 Å². The lowest BCUT2D eigenvalue weighted by molar-refractivity contribution is -0.138. The normalized spacial score (nSPS) is 15.8. The highest BCUT2D eigenvalue weighted by Crippen LogP contribution is 2.30. The van der Waals surface area contributed by atoms with Crippen molar-refractivity contribution in [1.82, 2.24) is 0 Å². The highest BCUT2D eigenvalue weighted by Gasteiger charge is 2.29. The standard InChI is InChI=1S/C11H13N3O3/c12-7-1-2-9-6(3-7)4-10(15)14(9)5-8(13)11(16)17/h1-3,8H,4-5,12-13H2,(H,16,17). The van der Waals surface area contributed by atoms with E-state index in [2.05, 4.69) is 0 Å². The molecular weight excluding hydrogens is 222 g/mol. The Labute approximate surface area is 97.8 Å². The van der Waals surface area contributed by atoms with Crippen molar-refractivity contribution in [3.05, 3.63) is 23.8 Å². The van der Waals surface area contributed by atoms with Gasteiger partial charge in [0.2, 0.25) is 5.91 Å². The van der Waals surface area contributed by atoms with Gasteiger partial charge in [-0.25, -0.2) is 0 Å². The number of nitrogens with zero attached hydrogens (tertiary/aromatic N) is 1. The summed E-state index contributed by atoms with van der Waals surface area (Å²) >= 11 is 0. The van der Waals surface area contributed by atoms with Gasteiger partial charge in [0.05, 0.1) is 13.0 Å². The largest absolute Gasteiger partial charge is 0.480 e. The second-order valence-corrected chi connectivity index (χ2v) is 4.01. The Morgan fingerprint density at radius 2 is 2.24 bits per heavy atom. The van der Waals surface area contributed by atoms with Gasteiger partial charge in [0, 0.05) is 11.4 Å². The van der Waals surface area contributed by atoms with Crippen LogP contribution in [0.25, 0.3) is 0 Å². The second-order valence-electron chi connectivity index (χ2n) is 4.01. The second kappa shape index (κ2) is 4.06. The van der Waals surface area contributed by atoms with Gasteiger partial charge in [-0.2, -0.15) is 0 Å². The van der Waals surface area contributed by atoms with Gasteiger partial charge in [0.1, 0.15) is 6.04 Å². The van der Waals surface area contributed by atoms with E-state index in [1.807, 2.05) is 0 Å². The average molecular weight is 235 g/mol. The van der Waals surface area contributed by atoms with Gasteiger partial charge in [-0.05, 0) is 23.8 Å². The number of aliphatic carboxylic acids is 1. The predicted octanol–water partition coefficient (Wildman–Crippen LogP) is -0.430. The predicted molar refractivity (Wildman–Crippen MR) is 62.5 cm³/mol. The SMILES string of the molecule is Nc1ccc2c(c1)CC(=O)N2CC(N)C(=O)O. The molecule has 1 heterocycles. The van der Waals surface area contributed by atoms with Gasteiger partial charge in [-0.15, -0.1) is 0 Å². The maximum absolute atomic E-state index is 11.7. The Kier molecular flexibility index (Phi) is 2.72. The highest BCUT2D eigenvalue weighted by molar-refractivity contribution is 6.02. The number of amides is 1. The number of carboxylic acids is 1. The first-order chi connectivity index (χ1) is 7.99. The average Bonchev–Trinajstić information content (AvgIpc) is 2.54. The lowest BCUT2D eigenvalue weighted by atomic mass is 10.1. The van der Waals surface area contributed by atoms with Crippen molar-refractivity contribution in [1.29, 1.82) is 0 Å². The Morgan fingerprint density at radius 3 is 2.88 bits per heavy atom. The lowest BCUT2D eigenvalue weighted by Gasteiger charge is -2.19. The van der Waals surface area contributed by atoms with E-state index in [-0.39, 0.29) is 18.9 Å². The molecule has 1 atom stereocenters. The minimum atomic E-state index is -1.12. The van der Waals surface area contributed by atoms with Crippen molar-refractivity contribution in [3.63, 3.8) is 0 Å². The minimum absolute atomic E-state index is 0.0227. The summed E-state index contributed by atoms with van der Waals surface area (Å²) in [4.78, 5) is 23.8. The number of nitrogen functional groups attached to an aromatic ring is 1. The molecule has 0 radical (unpaired) electrons. The number of hydrogen-bond donors (Lipinski definition) is 3. The molecule has 1 unspecified atom stereocenters. The van der Waals surface area contributed by atoms with Gasteiger partial charge in [0.15, 0.2) is 0 Å². The summed E-state index contributed by atoms with van der Waals surface area (Å²) < 4.78 is 0. The van der Waals surface area contributed by atoms with Crippen molar-refractivity contribution in [2.75, 3.05) is 17.2 Å². The van der Waals surface area contributed by atoms with Gasteiger partial charge < -0.3 is 21.5 Å². The van der Waals surface area contributed by atoms with Crippen LogP contribution in [0.15, 0.2) is 18.2 Å². The molecule has 5 N–H and O–H groups in total. The first-order valence-corrected chi connectivity index (χ1v) is 5.16. The summed E-state index contributed by atoms with van der Waals surface area (Å²) in [5.41, 5.74) is 13.1. The zero-order chi connectivity index (χ0) is 12.6. The summed E-state index contributed by atoms with van der Waals surface area (Å²) in [6, 6.07) is 4.03. The summed E-state index contributed by atoms with van der Waals surface area (Å²) in [5.74, 6) is -1.27. The summed E-state index contributed by atoms with van der Waals surface area (Å²) in [6.45, 7) is -0.0227. The number of rotatable bonds is 3. The van der Waals surface area contributed by atoms with Crippen LogP contribution in [-0.2, 0) is 16.0 Å². The van der Waals surface area contributed by atoms with Crippen LogP contribution in [0.1, 0.15) is 5.56 Å². The zero-order valence-corrected chi connectivity index (χ0v) is 9.09. The number of carbonyl (C=O) groups excluding carboxylic acids is 1. The Morgan fingerprint density at radius 1 is 1.53 bits per heavy atom. The van der Waals surface area contributed by atoms with E-state index in [1.54, 1.807) is 18.2 Å². The molecule has 1 aliphatic rings. The third-order valence-corrected chi connectivity index (χ3v) is 2.73. The number of carboxylic acid groups (broad SMARTS) is 1. The third kappa shape index (κ3) is 2.07. The molecule has 0 fully saturated rings. The van der Waals surface area contributed by atoms with E-state index in [9.17, 15) is 9.59 Å². The molecule has 6 heteroatoms. The monoisotopic (exact) mass is 235 g/mol. The van der Waals surface area contributed by atoms with Crippen LogP contribution in [0, 0.1) is 0 Å². The number of fused-ring (bicyclic) bond motifs is 1. The van der Waals surface area contributed by atoms with E-state index in [1.165, 1.54) is 4.90 Å². The maximum Gasteiger partial charge on any atom is 0.322 e. The van der Waals surface area contributed by atoms with Crippen molar-refractivity contribution in [2.24, 2.45) is 5.73 Å². The molecule has 0 aromatic heterocycles. The summed E-state index contributed by atoms with van der Waals surface area (Å²) in [5, 5.41) is 8.74. The number of nitrogens with two attached hydrogens (primary N) is 2. The van der Waals surface area contributed by atoms with Gasteiger partial charge >= 0.3 is 5.97 Å². The van der Waals surface area contributed by atoms with Crippen molar-refractivity contribution < 1.29 is 14.7 Å². The van der Waals surface area contributed by atoms with E-state index in [0.29, 0.717) is 11.4 Å². The van der Waals surface area contributed by atoms with Crippen molar-refractivity contribution in [2.45, 2.75) is 12.5 Å². The van der Waals surface area contributed by atoms with Crippen LogP contribution in [-0.4, -0.2) is 29.6 Å². The number of carbonyl (C=O) groups is 2. The van der Waals surface area contributed by atoms with E-state index in [4.69, 9.17) is 16.6 Å². The first-order valence-electron chi connectivity index (χ1n) is 5.16. The molecule has 0 aliphatic carbocycles. The van der Waals surface area contributed by atoms with Crippen LogP contribution in [0.3, 0.4) is 0 Å². The number of benzene rings is 1. The van der Waals surface area contributed by atoms with Gasteiger partial charge in [-0.3, -0.25) is 9.59 Å². The molecule has 1 aromatic carbocycles. The molecule has 0 saturated carbocycles.